The van der Waals surface area contributed by atoms with E-state index in [1.165, 1.54) is 12.1 Å². The summed E-state index contributed by atoms with van der Waals surface area (Å²) in [7, 11) is 0. The lowest BCUT2D eigenvalue weighted by Crippen LogP contribution is -2.47. The van der Waals surface area contributed by atoms with Crippen LogP contribution in [0.3, 0.4) is 0 Å². The van der Waals surface area contributed by atoms with Crippen molar-refractivity contribution in [1.82, 2.24) is 15.2 Å². The van der Waals surface area contributed by atoms with Crippen molar-refractivity contribution in [1.29, 1.82) is 0 Å². The number of pyridine rings is 1. The molecule has 2 aromatic rings. The first kappa shape index (κ1) is 23.3. The van der Waals surface area contributed by atoms with E-state index in [0.29, 0.717) is 38.4 Å². The zero-order chi connectivity index (χ0) is 23.1. The monoisotopic (exact) mass is 446 g/mol. The Bertz CT molecular complexity index is 946. The Morgan fingerprint density at radius 1 is 1.06 bits per heavy atom. The van der Waals surface area contributed by atoms with Gasteiger partial charge in [0.2, 0.25) is 11.8 Å². The molecule has 170 valence electrons. The van der Waals surface area contributed by atoms with Crippen LogP contribution in [0.25, 0.3) is 6.08 Å². The number of carbonyl (C=O) groups excluding carboxylic acids is 2. The van der Waals surface area contributed by atoms with E-state index in [-0.39, 0.29) is 11.8 Å². The first-order chi connectivity index (χ1) is 15.2. The second-order valence-corrected chi connectivity index (χ2v) is 7.54. The van der Waals surface area contributed by atoms with E-state index in [1.54, 1.807) is 17.9 Å². The molecule has 1 saturated heterocycles. The minimum atomic E-state index is -4.43. The molecule has 6 nitrogen and oxygen atoms in total. The van der Waals surface area contributed by atoms with E-state index in [1.807, 2.05) is 35.2 Å². The molecule has 1 fully saturated rings. The van der Waals surface area contributed by atoms with E-state index in [4.69, 9.17) is 0 Å². The lowest BCUT2D eigenvalue weighted by Gasteiger charge is -2.25. The van der Waals surface area contributed by atoms with Crippen LogP contribution >= 0.6 is 0 Å². The van der Waals surface area contributed by atoms with Gasteiger partial charge in [0, 0.05) is 38.5 Å². The Hall–Kier alpha value is -3.36. The highest BCUT2D eigenvalue weighted by molar-refractivity contribution is 5.95. The molecule has 3 rings (SSSR count). The number of alkyl halides is 3. The average molecular weight is 446 g/mol. The van der Waals surface area contributed by atoms with E-state index in [0.717, 1.165) is 17.8 Å². The van der Waals surface area contributed by atoms with Crippen LogP contribution in [0.15, 0.2) is 54.7 Å². The van der Waals surface area contributed by atoms with Crippen molar-refractivity contribution in [3.05, 3.63) is 65.9 Å². The Morgan fingerprint density at radius 3 is 2.47 bits per heavy atom. The predicted octanol–water partition coefficient (Wildman–Crippen LogP) is 3.36. The number of nitrogens with zero attached hydrogens (tertiary/aromatic N) is 3. The molecular weight excluding hydrogens is 421 g/mol. The third kappa shape index (κ3) is 6.32. The maximum atomic E-state index is 12.8. The number of amides is 2. The molecule has 32 heavy (non-hydrogen) atoms. The van der Waals surface area contributed by atoms with Crippen LogP contribution in [0.5, 0.6) is 0 Å². The van der Waals surface area contributed by atoms with E-state index in [9.17, 15) is 22.8 Å². The van der Waals surface area contributed by atoms with Crippen LogP contribution in [0.2, 0.25) is 0 Å². The minimum Gasteiger partial charge on any atom is -0.355 e. The number of nitrogens with one attached hydrogen (secondary N) is 1. The van der Waals surface area contributed by atoms with Crippen molar-refractivity contribution in [3.63, 3.8) is 0 Å². The molecular formula is C23H25F3N4O2. The van der Waals surface area contributed by atoms with Gasteiger partial charge >= 0.3 is 6.18 Å². The molecule has 1 aliphatic rings. The molecule has 1 unspecified atom stereocenters. The molecule has 1 aromatic heterocycles. The number of benzene rings is 1. The first-order valence-electron chi connectivity index (χ1n) is 10.3. The lowest BCUT2D eigenvalue weighted by molar-refractivity contribution is -0.137. The van der Waals surface area contributed by atoms with Gasteiger partial charge in [0.05, 0.1) is 5.56 Å². The first-order valence-corrected chi connectivity index (χ1v) is 10.3. The van der Waals surface area contributed by atoms with E-state index >= 15 is 0 Å². The lowest BCUT2D eigenvalue weighted by atomic mass is 10.2. The highest BCUT2D eigenvalue weighted by atomic mass is 19.4. The molecule has 1 N–H and O–H groups in total. The number of carbonyl (C=O) groups is 2. The minimum absolute atomic E-state index is 0.200. The summed E-state index contributed by atoms with van der Waals surface area (Å²) in [5.74, 6) is -0.117. The van der Waals surface area contributed by atoms with Crippen molar-refractivity contribution in [2.45, 2.75) is 25.6 Å². The number of hydrogen-bond acceptors (Lipinski definition) is 4. The highest BCUT2D eigenvalue weighted by Crippen LogP contribution is 2.29. The van der Waals surface area contributed by atoms with E-state index < -0.39 is 17.8 Å². The van der Waals surface area contributed by atoms with Gasteiger partial charge in [0.25, 0.3) is 0 Å². The van der Waals surface area contributed by atoms with Crippen LogP contribution < -0.4 is 10.2 Å². The molecule has 0 spiro atoms. The number of halogens is 3. The number of hydrogen-bond donors (Lipinski definition) is 1. The number of aromatic nitrogens is 1. The van der Waals surface area contributed by atoms with Crippen LogP contribution in [0.1, 0.15) is 24.5 Å². The maximum absolute atomic E-state index is 12.8. The number of anilines is 1. The predicted molar refractivity (Wildman–Crippen MR) is 116 cm³/mol. The number of rotatable bonds is 5. The third-order valence-electron chi connectivity index (χ3n) is 5.16. The van der Waals surface area contributed by atoms with Crippen LogP contribution in [0.4, 0.5) is 19.0 Å². The smallest absolute Gasteiger partial charge is 0.355 e. The third-order valence-corrected chi connectivity index (χ3v) is 5.16. The second kappa shape index (κ2) is 10.3. The van der Waals surface area contributed by atoms with Gasteiger partial charge in [-0.3, -0.25) is 9.59 Å². The second-order valence-electron chi connectivity index (χ2n) is 7.54. The summed E-state index contributed by atoms with van der Waals surface area (Å²) in [6.07, 6.45) is 0.101. The summed E-state index contributed by atoms with van der Waals surface area (Å²) in [5.41, 5.74) is 0.0878. The van der Waals surface area contributed by atoms with Gasteiger partial charge < -0.3 is 15.1 Å². The van der Waals surface area contributed by atoms with Crippen molar-refractivity contribution in [3.8, 4) is 0 Å². The van der Waals surface area contributed by atoms with Crippen LogP contribution in [-0.4, -0.2) is 53.9 Å². The fourth-order valence-corrected chi connectivity index (χ4v) is 3.44. The molecule has 0 aliphatic carbocycles. The topological polar surface area (TPSA) is 65.5 Å². The fraction of sp³-hybridized carbons (Fsp3) is 0.348. The molecule has 0 saturated carbocycles. The van der Waals surface area contributed by atoms with Gasteiger partial charge in [-0.25, -0.2) is 4.98 Å². The SMILES string of the molecule is CC(NC(=O)/C=C/c1ccccc1)C(=O)N1CCCN(c2ccc(C(F)(F)F)cn2)CC1. The molecule has 1 aliphatic heterocycles. The molecule has 2 heterocycles. The van der Waals surface area contributed by atoms with Gasteiger partial charge in [0.1, 0.15) is 11.9 Å². The van der Waals surface area contributed by atoms with Gasteiger partial charge in [0.15, 0.2) is 0 Å². The zero-order valence-corrected chi connectivity index (χ0v) is 17.7. The Kier molecular flexibility index (Phi) is 7.50. The average Bonchev–Trinajstić information content (AvgIpc) is 3.04. The van der Waals surface area contributed by atoms with Crippen molar-refractivity contribution in [2.24, 2.45) is 0 Å². The van der Waals surface area contributed by atoms with Crippen LogP contribution in [0, 0.1) is 0 Å². The van der Waals surface area contributed by atoms with Gasteiger partial charge in [-0.15, -0.1) is 0 Å². The molecule has 9 heteroatoms. The Labute approximate surface area is 184 Å². The van der Waals surface area contributed by atoms with Crippen molar-refractivity contribution < 1.29 is 22.8 Å². The maximum Gasteiger partial charge on any atom is 0.417 e. The van der Waals surface area contributed by atoms with Gasteiger partial charge in [-0.05, 0) is 37.1 Å². The van der Waals surface area contributed by atoms with Crippen LogP contribution in [-0.2, 0) is 15.8 Å². The Balaban J connectivity index is 1.53. The normalized spacial score (nSPS) is 16.0. The standard InChI is InChI=1S/C23H25F3N4O2/c1-17(28-21(31)11-8-18-6-3-2-4-7-18)22(32)30-13-5-12-29(14-15-30)20-10-9-19(16-27-20)23(24,25)26/h2-4,6-11,16-17H,5,12-15H2,1H3,(H,28,31)/b11-8+. The molecule has 0 radical (unpaired) electrons. The van der Waals surface area contributed by atoms with Gasteiger partial charge in [-0.2, -0.15) is 13.2 Å². The quantitative estimate of drug-likeness (QED) is 0.716. The highest BCUT2D eigenvalue weighted by Gasteiger charge is 2.31. The van der Waals surface area contributed by atoms with E-state index in [2.05, 4.69) is 10.3 Å². The largest absolute Gasteiger partial charge is 0.417 e. The van der Waals surface area contributed by atoms with Crippen molar-refractivity contribution in [2.75, 3.05) is 31.1 Å². The fourth-order valence-electron chi connectivity index (χ4n) is 3.44. The zero-order valence-electron chi connectivity index (χ0n) is 17.7. The molecule has 1 atom stereocenters. The van der Waals surface area contributed by atoms with Gasteiger partial charge in [-0.1, -0.05) is 30.3 Å². The summed E-state index contributed by atoms with van der Waals surface area (Å²) in [4.78, 5) is 32.4. The molecule has 2 amide bonds. The summed E-state index contributed by atoms with van der Waals surface area (Å²) < 4.78 is 38.2. The summed E-state index contributed by atoms with van der Waals surface area (Å²) in [6, 6.07) is 11.0. The summed E-state index contributed by atoms with van der Waals surface area (Å²) >= 11 is 0. The van der Waals surface area contributed by atoms with Crippen molar-refractivity contribution >= 4 is 23.7 Å². The Morgan fingerprint density at radius 2 is 1.81 bits per heavy atom. The summed E-state index contributed by atoms with van der Waals surface area (Å²) in [5, 5.41) is 2.68. The molecule has 1 aromatic carbocycles. The molecule has 0 bridgehead atoms. The summed E-state index contributed by atoms with van der Waals surface area (Å²) in [6.45, 7) is 3.54.